The molecule has 1 fully saturated rings. The first-order valence-electron chi connectivity index (χ1n) is 8.09. The Bertz CT molecular complexity index is 934. The van der Waals surface area contributed by atoms with Gasteiger partial charge in [-0.15, -0.1) is 0 Å². The summed E-state index contributed by atoms with van der Waals surface area (Å²) in [6, 6.07) is 12.9. The lowest BCUT2D eigenvalue weighted by atomic mass is 9.96. The highest BCUT2D eigenvalue weighted by Crippen LogP contribution is 2.49. The van der Waals surface area contributed by atoms with E-state index >= 15 is 0 Å². The average Bonchev–Trinajstić information content (AvgIpc) is 3.33. The highest BCUT2D eigenvalue weighted by Gasteiger charge is 2.52. The largest absolute Gasteiger partial charge is 0.455 e. The van der Waals surface area contributed by atoms with E-state index in [-0.39, 0.29) is 24.3 Å². The van der Waals surface area contributed by atoms with Gasteiger partial charge >= 0.3 is 5.97 Å². The molecular formula is C19H14ClFN2O3. The van der Waals surface area contributed by atoms with Crippen LogP contribution < -0.4 is 0 Å². The number of carbonyl (C=O) groups is 1. The van der Waals surface area contributed by atoms with E-state index in [4.69, 9.17) is 20.9 Å². The van der Waals surface area contributed by atoms with Crippen LogP contribution in [0.3, 0.4) is 0 Å². The van der Waals surface area contributed by atoms with Crippen LogP contribution in [-0.2, 0) is 21.6 Å². The Hall–Kier alpha value is -2.73. The van der Waals surface area contributed by atoms with Crippen LogP contribution in [0.1, 0.15) is 24.3 Å². The number of hydrogen-bond acceptors (Lipinski definition) is 5. The minimum Gasteiger partial charge on any atom is -0.455 e. The van der Waals surface area contributed by atoms with Crippen LogP contribution >= 0.6 is 11.6 Å². The summed E-state index contributed by atoms with van der Waals surface area (Å²) in [5, 5.41) is 4.45. The number of rotatable bonds is 5. The lowest BCUT2D eigenvalue weighted by Gasteiger charge is -2.14. The van der Waals surface area contributed by atoms with Crippen molar-refractivity contribution in [3.05, 3.63) is 70.8 Å². The second kappa shape index (κ2) is 6.53. The molecule has 1 heterocycles. The van der Waals surface area contributed by atoms with E-state index in [0.717, 1.165) is 18.4 Å². The molecule has 0 saturated heterocycles. The molecular weight excluding hydrogens is 359 g/mol. The van der Waals surface area contributed by atoms with Crippen LogP contribution in [0, 0.1) is 5.82 Å². The standard InChI is InChI=1S/C19H14ClFN2O3/c20-14-5-3-13(4-6-14)19(9-10-19)18(24)25-11-16-22-17(23-26-16)12-1-7-15(21)8-2-12/h1-8H,9-11H2. The van der Waals surface area contributed by atoms with Gasteiger partial charge in [-0.25, -0.2) is 4.39 Å². The molecule has 26 heavy (non-hydrogen) atoms. The van der Waals surface area contributed by atoms with Gasteiger partial charge in [0.25, 0.3) is 5.89 Å². The van der Waals surface area contributed by atoms with Gasteiger partial charge in [0.2, 0.25) is 5.82 Å². The maximum absolute atomic E-state index is 13.0. The fourth-order valence-electron chi connectivity index (χ4n) is 2.80. The molecule has 1 aromatic heterocycles. The third kappa shape index (κ3) is 3.20. The number of carbonyl (C=O) groups excluding carboxylic acids is 1. The first-order valence-corrected chi connectivity index (χ1v) is 8.46. The maximum atomic E-state index is 13.0. The van der Waals surface area contributed by atoms with Crippen molar-refractivity contribution in [2.75, 3.05) is 0 Å². The van der Waals surface area contributed by atoms with Gasteiger partial charge in [0.15, 0.2) is 6.61 Å². The Labute approximate surface area is 153 Å². The quantitative estimate of drug-likeness (QED) is 0.624. The van der Waals surface area contributed by atoms with Gasteiger partial charge in [-0.2, -0.15) is 4.98 Å². The minimum atomic E-state index is -0.607. The summed E-state index contributed by atoms with van der Waals surface area (Å²) in [4.78, 5) is 16.7. The van der Waals surface area contributed by atoms with E-state index in [2.05, 4.69) is 10.1 Å². The third-order valence-corrected chi connectivity index (χ3v) is 4.69. The molecule has 0 spiro atoms. The molecule has 5 nitrogen and oxygen atoms in total. The molecule has 2 aromatic carbocycles. The predicted molar refractivity (Wildman–Crippen MR) is 91.9 cm³/mol. The van der Waals surface area contributed by atoms with Crippen molar-refractivity contribution in [1.82, 2.24) is 10.1 Å². The van der Waals surface area contributed by atoms with Gasteiger partial charge in [-0.3, -0.25) is 4.79 Å². The molecule has 0 radical (unpaired) electrons. The molecule has 132 valence electrons. The summed E-state index contributed by atoms with van der Waals surface area (Å²) in [7, 11) is 0. The molecule has 1 aliphatic carbocycles. The fourth-order valence-corrected chi connectivity index (χ4v) is 2.93. The summed E-state index contributed by atoms with van der Waals surface area (Å²) in [5.74, 6) is -0.163. The first-order chi connectivity index (χ1) is 12.6. The number of ether oxygens (including phenoxy) is 1. The van der Waals surface area contributed by atoms with Crippen LogP contribution in [0.2, 0.25) is 5.02 Å². The number of esters is 1. The number of benzene rings is 2. The lowest BCUT2D eigenvalue weighted by Crippen LogP contribution is -2.23. The summed E-state index contributed by atoms with van der Waals surface area (Å²) in [6.07, 6.45) is 1.47. The molecule has 0 atom stereocenters. The van der Waals surface area contributed by atoms with Crippen molar-refractivity contribution in [2.24, 2.45) is 0 Å². The van der Waals surface area contributed by atoms with Gasteiger partial charge in [-0.05, 0) is 54.8 Å². The van der Waals surface area contributed by atoms with E-state index in [1.165, 1.54) is 12.1 Å². The van der Waals surface area contributed by atoms with Crippen molar-refractivity contribution in [3.63, 3.8) is 0 Å². The Morgan fingerprint density at radius 2 is 1.85 bits per heavy atom. The minimum absolute atomic E-state index is 0.109. The maximum Gasteiger partial charge on any atom is 0.317 e. The van der Waals surface area contributed by atoms with E-state index in [1.54, 1.807) is 24.3 Å². The molecule has 4 rings (SSSR count). The zero-order valence-electron chi connectivity index (χ0n) is 13.6. The summed E-state index contributed by atoms with van der Waals surface area (Å²) >= 11 is 5.90. The third-order valence-electron chi connectivity index (χ3n) is 4.43. The van der Waals surface area contributed by atoms with Gasteiger partial charge in [0, 0.05) is 10.6 Å². The molecule has 0 amide bonds. The molecule has 1 aliphatic rings. The van der Waals surface area contributed by atoms with Gasteiger partial charge < -0.3 is 9.26 Å². The van der Waals surface area contributed by atoms with Crippen molar-refractivity contribution in [2.45, 2.75) is 24.9 Å². The molecule has 0 N–H and O–H groups in total. The zero-order valence-corrected chi connectivity index (χ0v) is 14.4. The Morgan fingerprint density at radius 1 is 1.15 bits per heavy atom. The van der Waals surface area contributed by atoms with Gasteiger partial charge in [0.05, 0.1) is 5.41 Å². The second-order valence-corrected chi connectivity index (χ2v) is 6.62. The Morgan fingerprint density at radius 3 is 2.50 bits per heavy atom. The average molecular weight is 373 g/mol. The molecule has 0 aliphatic heterocycles. The molecule has 0 bridgehead atoms. The summed E-state index contributed by atoms with van der Waals surface area (Å²) in [6.45, 7) is -0.109. The van der Waals surface area contributed by atoms with Gasteiger partial charge in [0.1, 0.15) is 5.82 Å². The van der Waals surface area contributed by atoms with E-state index in [0.29, 0.717) is 16.4 Å². The van der Waals surface area contributed by atoms with E-state index in [1.807, 2.05) is 12.1 Å². The van der Waals surface area contributed by atoms with Crippen molar-refractivity contribution < 1.29 is 18.4 Å². The smallest absolute Gasteiger partial charge is 0.317 e. The first kappa shape index (κ1) is 16.7. The molecule has 3 aromatic rings. The predicted octanol–water partition coefficient (Wildman–Crippen LogP) is 4.30. The number of hydrogen-bond donors (Lipinski definition) is 0. The normalized spacial score (nSPS) is 14.8. The van der Waals surface area contributed by atoms with Crippen molar-refractivity contribution >= 4 is 17.6 Å². The summed E-state index contributed by atoms with van der Waals surface area (Å²) in [5.41, 5.74) is 0.904. The van der Waals surface area contributed by atoms with Crippen molar-refractivity contribution in [1.29, 1.82) is 0 Å². The van der Waals surface area contributed by atoms with Crippen LogP contribution in [0.15, 0.2) is 53.1 Å². The number of halogens is 2. The Balaban J connectivity index is 1.42. The highest BCUT2D eigenvalue weighted by molar-refractivity contribution is 6.30. The highest BCUT2D eigenvalue weighted by atomic mass is 35.5. The SMILES string of the molecule is O=C(OCc1nc(-c2ccc(F)cc2)no1)C1(c2ccc(Cl)cc2)CC1. The summed E-state index contributed by atoms with van der Waals surface area (Å²) < 4.78 is 23.5. The Kier molecular flexibility index (Phi) is 4.20. The van der Waals surface area contributed by atoms with E-state index < -0.39 is 5.41 Å². The number of nitrogens with zero attached hydrogens (tertiary/aromatic N) is 2. The van der Waals surface area contributed by atoms with Crippen LogP contribution in [-0.4, -0.2) is 16.1 Å². The fraction of sp³-hybridized carbons (Fsp3) is 0.211. The second-order valence-electron chi connectivity index (χ2n) is 6.18. The van der Waals surface area contributed by atoms with Crippen LogP contribution in [0.5, 0.6) is 0 Å². The molecule has 0 unspecified atom stereocenters. The van der Waals surface area contributed by atoms with Gasteiger partial charge in [-0.1, -0.05) is 28.9 Å². The topological polar surface area (TPSA) is 65.2 Å². The van der Waals surface area contributed by atoms with Crippen LogP contribution in [0.25, 0.3) is 11.4 Å². The number of aromatic nitrogens is 2. The lowest BCUT2D eigenvalue weighted by molar-refractivity contribution is -0.148. The van der Waals surface area contributed by atoms with E-state index in [9.17, 15) is 9.18 Å². The molecule has 7 heteroatoms. The monoisotopic (exact) mass is 372 g/mol. The zero-order chi connectivity index (χ0) is 18.1. The van der Waals surface area contributed by atoms with Crippen LogP contribution in [0.4, 0.5) is 4.39 Å². The van der Waals surface area contributed by atoms with Crippen molar-refractivity contribution in [3.8, 4) is 11.4 Å². The molecule has 1 saturated carbocycles.